The molecule has 3 heteroatoms. The Balaban J connectivity index is 1.77. The Morgan fingerprint density at radius 2 is 2.25 bits per heavy atom. The van der Waals surface area contributed by atoms with E-state index in [1.54, 1.807) is 0 Å². The lowest BCUT2D eigenvalue weighted by atomic mass is 9.86. The molecule has 1 amide bonds. The van der Waals surface area contributed by atoms with Gasteiger partial charge in [0.1, 0.15) is 5.72 Å². The fourth-order valence-corrected chi connectivity index (χ4v) is 4.25. The van der Waals surface area contributed by atoms with Crippen molar-refractivity contribution in [2.45, 2.75) is 38.0 Å². The van der Waals surface area contributed by atoms with Crippen LogP contribution in [0.5, 0.6) is 0 Å². The molecule has 2 bridgehead atoms. The summed E-state index contributed by atoms with van der Waals surface area (Å²) < 4.78 is 6.00. The van der Waals surface area contributed by atoms with Crippen molar-refractivity contribution >= 4 is 5.91 Å². The van der Waals surface area contributed by atoms with Crippen LogP contribution in [-0.2, 0) is 9.53 Å². The van der Waals surface area contributed by atoms with Crippen LogP contribution >= 0.6 is 0 Å². The zero-order valence-electron chi connectivity index (χ0n) is 9.56. The van der Waals surface area contributed by atoms with Crippen LogP contribution in [0, 0.1) is 17.8 Å². The molecular weight excluding hydrogens is 202 g/mol. The quantitative estimate of drug-likeness (QED) is 0.578. The molecule has 3 fully saturated rings. The topological polar surface area (TPSA) is 29.5 Å². The van der Waals surface area contributed by atoms with Gasteiger partial charge in [-0.2, -0.15) is 0 Å². The van der Waals surface area contributed by atoms with Crippen molar-refractivity contribution in [3.05, 3.63) is 12.2 Å². The Morgan fingerprint density at radius 1 is 1.44 bits per heavy atom. The standard InChI is InChI=1S/C13H17NO2/c1-13-5-4-11(15)14(13)12-9-3-2-8(6-9)10(12)7-16-13/h2-3,8-10,12H,4-7H2,1H3/t8-,9+,10-,12-,13+/m0/s1. The number of rotatable bonds is 0. The van der Waals surface area contributed by atoms with E-state index in [-0.39, 0.29) is 5.72 Å². The zero-order valence-corrected chi connectivity index (χ0v) is 9.56. The van der Waals surface area contributed by atoms with E-state index >= 15 is 0 Å². The largest absolute Gasteiger partial charge is 0.355 e. The number of allylic oxidation sites excluding steroid dienone is 1. The lowest BCUT2D eigenvalue weighted by Crippen LogP contribution is -2.60. The van der Waals surface area contributed by atoms with Crippen LogP contribution in [0.3, 0.4) is 0 Å². The minimum atomic E-state index is -0.295. The van der Waals surface area contributed by atoms with Gasteiger partial charge in [0, 0.05) is 24.8 Å². The second kappa shape index (κ2) is 2.70. The number of hydrogen-bond acceptors (Lipinski definition) is 2. The summed E-state index contributed by atoms with van der Waals surface area (Å²) in [6.45, 7) is 2.93. The van der Waals surface area contributed by atoms with Crippen molar-refractivity contribution in [2.24, 2.45) is 17.8 Å². The highest BCUT2D eigenvalue weighted by Crippen LogP contribution is 2.53. The number of fused-ring (bicyclic) bond motifs is 7. The van der Waals surface area contributed by atoms with Crippen molar-refractivity contribution in [3.63, 3.8) is 0 Å². The summed E-state index contributed by atoms with van der Waals surface area (Å²) in [7, 11) is 0. The first-order valence-electron chi connectivity index (χ1n) is 6.33. The minimum absolute atomic E-state index is 0.295. The number of hydrogen-bond donors (Lipinski definition) is 0. The van der Waals surface area contributed by atoms with Gasteiger partial charge >= 0.3 is 0 Å². The molecule has 1 saturated carbocycles. The lowest BCUT2D eigenvalue weighted by molar-refractivity contribution is -0.203. The number of nitrogens with zero attached hydrogens (tertiary/aromatic N) is 1. The Morgan fingerprint density at radius 3 is 3.12 bits per heavy atom. The van der Waals surface area contributed by atoms with E-state index in [0.29, 0.717) is 36.1 Å². The van der Waals surface area contributed by atoms with Gasteiger partial charge in [-0.15, -0.1) is 0 Å². The maximum atomic E-state index is 12.1. The Labute approximate surface area is 95.4 Å². The monoisotopic (exact) mass is 219 g/mol. The van der Waals surface area contributed by atoms with Gasteiger partial charge in [0.2, 0.25) is 5.91 Å². The van der Waals surface area contributed by atoms with Gasteiger partial charge < -0.3 is 9.64 Å². The summed E-state index contributed by atoms with van der Waals surface area (Å²) >= 11 is 0. The van der Waals surface area contributed by atoms with E-state index in [1.165, 1.54) is 6.42 Å². The summed E-state index contributed by atoms with van der Waals surface area (Å²) in [6.07, 6.45) is 7.43. The summed E-state index contributed by atoms with van der Waals surface area (Å²) in [5.41, 5.74) is -0.295. The third kappa shape index (κ3) is 0.915. The normalized spacial score (nSPS) is 53.3. The van der Waals surface area contributed by atoms with E-state index in [4.69, 9.17) is 4.74 Å². The second-order valence-corrected chi connectivity index (χ2v) is 5.85. The van der Waals surface area contributed by atoms with Gasteiger partial charge in [-0.25, -0.2) is 0 Å². The molecule has 2 heterocycles. The van der Waals surface area contributed by atoms with E-state index in [1.807, 2.05) is 0 Å². The van der Waals surface area contributed by atoms with Crippen molar-refractivity contribution in [3.8, 4) is 0 Å². The van der Waals surface area contributed by atoms with E-state index in [9.17, 15) is 4.79 Å². The van der Waals surface area contributed by atoms with E-state index in [2.05, 4.69) is 24.0 Å². The predicted octanol–water partition coefficient (Wildman–Crippen LogP) is 1.55. The highest BCUT2D eigenvalue weighted by molar-refractivity contribution is 5.80. The van der Waals surface area contributed by atoms with Gasteiger partial charge in [0.25, 0.3) is 0 Å². The first kappa shape index (κ1) is 9.23. The Kier molecular flexibility index (Phi) is 1.56. The number of ether oxygens (including phenoxy) is 1. The molecule has 2 aliphatic carbocycles. The van der Waals surface area contributed by atoms with Gasteiger partial charge in [-0.05, 0) is 25.2 Å². The smallest absolute Gasteiger partial charge is 0.225 e. The fourth-order valence-electron chi connectivity index (χ4n) is 4.25. The Hall–Kier alpha value is -0.830. The van der Waals surface area contributed by atoms with Crippen molar-refractivity contribution in [1.29, 1.82) is 0 Å². The first-order valence-corrected chi connectivity index (χ1v) is 6.33. The third-order valence-electron chi connectivity index (χ3n) is 5.04. The third-order valence-corrected chi connectivity index (χ3v) is 5.04. The van der Waals surface area contributed by atoms with Gasteiger partial charge in [0.15, 0.2) is 0 Å². The maximum absolute atomic E-state index is 12.1. The highest BCUT2D eigenvalue weighted by atomic mass is 16.5. The number of carbonyl (C=O) groups is 1. The average Bonchev–Trinajstić information content (AvgIpc) is 2.92. The van der Waals surface area contributed by atoms with Crippen molar-refractivity contribution in [2.75, 3.05) is 6.61 Å². The van der Waals surface area contributed by atoms with Crippen LogP contribution in [0.25, 0.3) is 0 Å². The van der Waals surface area contributed by atoms with E-state index < -0.39 is 0 Å². The molecule has 16 heavy (non-hydrogen) atoms. The molecule has 4 aliphatic rings. The average molecular weight is 219 g/mol. The molecular formula is C13H17NO2. The molecule has 0 aromatic rings. The van der Waals surface area contributed by atoms with Crippen LogP contribution < -0.4 is 0 Å². The molecule has 0 aromatic heterocycles. The molecule has 3 nitrogen and oxygen atoms in total. The summed E-state index contributed by atoms with van der Waals surface area (Å²) in [5.74, 6) is 2.12. The SMILES string of the molecule is C[C@@]12CCC(=O)N1[C@@H]1[C@@H](CO2)[C@H]2C=C[C@@H]1C2. The number of amides is 1. The molecule has 0 aromatic carbocycles. The van der Waals surface area contributed by atoms with Crippen LogP contribution in [0.2, 0.25) is 0 Å². The highest BCUT2D eigenvalue weighted by Gasteiger charge is 2.58. The molecule has 0 spiro atoms. The Bertz CT molecular complexity index is 391. The van der Waals surface area contributed by atoms with Crippen molar-refractivity contribution in [1.82, 2.24) is 4.90 Å². The molecule has 5 atom stereocenters. The molecule has 0 unspecified atom stereocenters. The van der Waals surface area contributed by atoms with Gasteiger partial charge in [-0.1, -0.05) is 12.2 Å². The van der Waals surface area contributed by atoms with Crippen LogP contribution in [0.15, 0.2) is 12.2 Å². The molecule has 2 saturated heterocycles. The van der Waals surface area contributed by atoms with Crippen LogP contribution in [-0.4, -0.2) is 29.2 Å². The van der Waals surface area contributed by atoms with Crippen molar-refractivity contribution < 1.29 is 9.53 Å². The van der Waals surface area contributed by atoms with Gasteiger partial charge in [-0.3, -0.25) is 4.79 Å². The molecule has 86 valence electrons. The second-order valence-electron chi connectivity index (χ2n) is 5.85. The summed E-state index contributed by atoms with van der Waals surface area (Å²) in [6, 6.07) is 0.434. The molecule has 4 rings (SSSR count). The lowest BCUT2D eigenvalue weighted by Gasteiger charge is -2.49. The van der Waals surface area contributed by atoms with Crippen LogP contribution in [0.1, 0.15) is 26.2 Å². The van der Waals surface area contributed by atoms with E-state index in [0.717, 1.165) is 13.0 Å². The number of carbonyl (C=O) groups excluding carboxylic acids is 1. The minimum Gasteiger partial charge on any atom is -0.355 e. The zero-order chi connectivity index (χ0) is 10.9. The van der Waals surface area contributed by atoms with Gasteiger partial charge in [0.05, 0.1) is 6.61 Å². The maximum Gasteiger partial charge on any atom is 0.225 e. The summed E-state index contributed by atoms with van der Waals surface area (Å²) in [5, 5.41) is 0. The fraction of sp³-hybridized carbons (Fsp3) is 0.769. The summed E-state index contributed by atoms with van der Waals surface area (Å²) in [4.78, 5) is 14.1. The predicted molar refractivity (Wildman–Crippen MR) is 58.5 cm³/mol. The molecule has 2 aliphatic heterocycles. The molecule has 0 radical (unpaired) electrons. The molecule has 0 N–H and O–H groups in total. The van der Waals surface area contributed by atoms with Crippen LogP contribution in [0.4, 0.5) is 0 Å². The first-order chi connectivity index (χ1) is 7.69.